The van der Waals surface area contributed by atoms with E-state index in [4.69, 9.17) is 22.3 Å². The minimum atomic E-state index is 0. The molecule has 2 heterocycles. The van der Waals surface area contributed by atoms with Crippen LogP contribution >= 0.6 is 27.5 Å². The minimum absolute atomic E-state index is 0. The van der Waals surface area contributed by atoms with Crippen LogP contribution in [-0.4, -0.2) is 15.1 Å². The number of hydrogen-bond acceptors (Lipinski definition) is 2. The Bertz CT molecular complexity index is 1410. The molecule has 0 aliphatic carbocycles. The topological polar surface area (TPSA) is 53.5 Å². The number of rotatable bonds is 4. The van der Waals surface area contributed by atoms with E-state index in [0.29, 0.717) is 26.8 Å². The van der Waals surface area contributed by atoms with Crippen molar-refractivity contribution in [1.29, 1.82) is 0 Å². The number of aliphatic imine (C=N–C) groups is 1. The largest absolute Gasteiger partial charge is 0.696 e. The van der Waals surface area contributed by atoms with Gasteiger partial charge in [-0.1, -0.05) is 102 Å². The van der Waals surface area contributed by atoms with Crippen molar-refractivity contribution in [1.82, 2.24) is 9.38 Å². The van der Waals surface area contributed by atoms with Crippen LogP contribution in [0.15, 0.2) is 107 Å². The third-order valence-electron chi connectivity index (χ3n) is 5.18. The second-order valence-corrected chi connectivity index (χ2v) is 8.43. The van der Waals surface area contributed by atoms with Gasteiger partial charge in [0.25, 0.3) is 0 Å². The molecule has 1 radical (unpaired) electrons. The molecule has 0 spiro atoms. The average Bonchev–Trinajstić information content (AvgIpc) is 3.22. The van der Waals surface area contributed by atoms with Crippen molar-refractivity contribution in [2.45, 2.75) is 0 Å². The molecule has 5 rings (SSSR count). The van der Waals surface area contributed by atoms with Crippen LogP contribution in [0.1, 0.15) is 11.1 Å². The molecule has 0 aliphatic rings. The number of fused-ring (bicyclic) bond motifs is 1. The van der Waals surface area contributed by atoms with E-state index in [9.17, 15) is 0 Å². The van der Waals surface area contributed by atoms with Crippen LogP contribution in [-0.2, 0) is 32.7 Å². The Labute approximate surface area is 230 Å². The molecule has 1 N–H and O–H groups in total. The third kappa shape index (κ3) is 4.69. The van der Waals surface area contributed by atoms with Gasteiger partial charge in [0.15, 0.2) is 0 Å². The van der Waals surface area contributed by atoms with E-state index in [1.165, 1.54) is 0 Å². The van der Waals surface area contributed by atoms with Gasteiger partial charge in [-0.05, 0) is 22.0 Å². The zero-order valence-electron chi connectivity index (χ0n) is 17.4. The van der Waals surface area contributed by atoms with Crippen LogP contribution in [0.5, 0.6) is 0 Å². The molecular weight excluding hydrogens is 573 g/mol. The molecule has 159 valence electrons. The van der Waals surface area contributed by atoms with Crippen molar-refractivity contribution in [2.24, 2.45) is 4.99 Å². The molecule has 0 saturated heterocycles. The van der Waals surface area contributed by atoms with Crippen molar-refractivity contribution >= 4 is 50.4 Å². The van der Waals surface area contributed by atoms with Gasteiger partial charge in [-0.25, -0.2) is 9.98 Å². The summed E-state index contributed by atoms with van der Waals surface area (Å²) in [6.07, 6.45) is 1.69. The summed E-state index contributed by atoms with van der Waals surface area (Å²) in [6.45, 7) is 0. The average molecular weight is 590 g/mol. The Kier molecular flexibility index (Phi) is 7.45. The van der Waals surface area contributed by atoms with Crippen molar-refractivity contribution in [3.63, 3.8) is 0 Å². The van der Waals surface area contributed by atoms with Crippen LogP contribution < -0.4 is 0 Å². The fourth-order valence-electron chi connectivity index (χ4n) is 3.70. The number of nitrogens with one attached hydrogen (secondary N) is 1. The van der Waals surface area contributed by atoms with Crippen LogP contribution in [0.3, 0.4) is 0 Å². The molecule has 0 unspecified atom stereocenters. The fourth-order valence-corrected chi connectivity index (χ4v) is 4.37. The molecule has 0 bridgehead atoms. The van der Waals surface area contributed by atoms with Crippen molar-refractivity contribution in [2.75, 3.05) is 0 Å². The summed E-state index contributed by atoms with van der Waals surface area (Å²) in [4.78, 5) is 9.60. The Balaban J connectivity index is 0.00000259. The Morgan fingerprint density at radius 1 is 0.848 bits per heavy atom. The first kappa shape index (κ1) is 23.8. The normalized spacial score (nSPS) is 10.6. The van der Waals surface area contributed by atoms with Crippen molar-refractivity contribution in [3.05, 3.63) is 124 Å². The third-order valence-corrected chi connectivity index (χ3v) is 6.07. The van der Waals surface area contributed by atoms with Gasteiger partial charge in [-0.2, -0.15) is 0 Å². The van der Waals surface area contributed by atoms with E-state index in [-0.39, 0.29) is 32.7 Å². The first-order valence-corrected chi connectivity index (χ1v) is 11.2. The van der Waals surface area contributed by atoms with Crippen LogP contribution in [0.4, 0.5) is 11.5 Å². The molecular formula is C26H17BrClN4Y-. The summed E-state index contributed by atoms with van der Waals surface area (Å²) in [5.74, 6) is 0.649. The first-order chi connectivity index (χ1) is 15.6. The number of aromatic nitrogens is 2. The van der Waals surface area contributed by atoms with E-state index < -0.39 is 0 Å². The number of hydrogen-bond donors (Lipinski definition) is 0. The Hall–Kier alpha value is -2.31. The van der Waals surface area contributed by atoms with Gasteiger partial charge in [-0.15, -0.1) is 0 Å². The van der Waals surface area contributed by atoms with Crippen LogP contribution in [0, 0.1) is 0 Å². The molecule has 0 aliphatic heterocycles. The van der Waals surface area contributed by atoms with E-state index in [2.05, 4.69) is 20.9 Å². The van der Waals surface area contributed by atoms with E-state index in [1.807, 2.05) is 89.3 Å². The second-order valence-electron chi connectivity index (χ2n) is 7.21. The summed E-state index contributed by atoms with van der Waals surface area (Å²) in [5, 5.41) is 0.597. The van der Waals surface area contributed by atoms with Gasteiger partial charge < -0.3 is 5.73 Å². The standard InChI is InChI=1S/C26H17BrClN4.Y/c27-23-16-30-26-22(29)15-20(19-13-7-8-14-21(19)28)25(32(23)26)31-24(17-9-3-1-4-10-17)18-11-5-2-6-12-18;/h1-16,29H;/q-1;. The molecule has 0 amide bonds. The van der Waals surface area contributed by atoms with Gasteiger partial charge in [0.05, 0.1) is 11.9 Å². The van der Waals surface area contributed by atoms with Gasteiger partial charge in [0, 0.05) is 60.0 Å². The SMILES string of the molecule is [NH-]c1cc(-c2ccccc2Cl)c(N=C(c2ccccc2)c2ccccc2)n2c(Br)cnc12.[Y]. The van der Waals surface area contributed by atoms with Gasteiger partial charge in [-0.3, -0.25) is 4.40 Å². The zero-order chi connectivity index (χ0) is 22.1. The maximum Gasteiger partial charge on any atom is 0.147 e. The Morgan fingerprint density at radius 2 is 1.42 bits per heavy atom. The van der Waals surface area contributed by atoms with Crippen LogP contribution in [0.25, 0.3) is 22.5 Å². The molecule has 0 fully saturated rings. The van der Waals surface area contributed by atoms with Gasteiger partial charge in [0.1, 0.15) is 16.1 Å². The number of nitrogens with zero attached hydrogens (tertiary/aromatic N) is 3. The summed E-state index contributed by atoms with van der Waals surface area (Å²) in [7, 11) is 0. The number of halogens is 2. The summed E-state index contributed by atoms with van der Waals surface area (Å²) in [5.41, 5.74) is 13.7. The van der Waals surface area contributed by atoms with Crippen molar-refractivity contribution in [3.8, 4) is 11.1 Å². The van der Waals surface area contributed by atoms with E-state index >= 15 is 0 Å². The quantitative estimate of drug-likeness (QED) is 0.195. The monoisotopic (exact) mass is 588 g/mol. The smallest absolute Gasteiger partial charge is 0.147 e. The molecule has 33 heavy (non-hydrogen) atoms. The van der Waals surface area contributed by atoms with Crippen molar-refractivity contribution < 1.29 is 32.7 Å². The molecule has 7 heteroatoms. The number of pyridine rings is 1. The maximum absolute atomic E-state index is 8.55. The number of benzene rings is 3. The summed E-state index contributed by atoms with van der Waals surface area (Å²) in [6, 6.07) is 29.5. The summed E-state index contributed by atoms with van der Waals surface area (Å²) < 4.78 is 2.57. The van der Waals surface area contributed by atoms with Gasteiger partial charge in [0.2, 0.25) is 0 Å². The number of imidazole rings is 1. The molecule has 2 aromatic heterocycles. The van der Waals surface area contributed by atoms with E-state index in [1.54, 1.807) is 12.3 Å². The summed E-state index contributed by atoms with van der Waals surface area (Å²) >= 11 is 10.2. The maximum atomic E-state index is 8.55. The Morgan fingerprint density at radius 3 is 2.03 bits per heavy atom. The van der Waals surface area contributed by atoms with E-state index in [0.717, 1.165) is 28.0 Å². The predicted molar refractivity (Wildman–Crippen MR) is 136 cm³/mol. The van der Waals surface area contributed by atoms with Gasteiger partial charge >= 0.3 is 0 Å². The predicted octanol–water partition coefficient (Wildman–Crippen LogP) is 8.27. The molecule has 4 nitrogen and oxygen atoms in total. The molecule has 5 aromatic rings. The zero-order valence-corrected chi connectivity index (χ0v) is 22.6. The molecule has 0 saturated carbocycles. The fraction of sp³-hybridized carbons (Fsp3) is 0. The molecule has 0 atom stereocenters. The first-order valence-electron chi connectivity index (χ1n) is 9.99. The second kappa shape index (κ2) is 10.3. The van der Waals surface area contributed by atoms with Crippen LogP contribution in [0.2, 0.25) is 5.02 Å². The minimum Gasteiger partial charge on any atom is -0.696 e. The molecule has 3 aromatic carbocycles.